The van der Waals surface area contributed by atoms with Crippen molar-refractivity contribution in [2.24, 2.45) is 0 Å². The van der Waals surface area contributed by atoms with Gasteiger partial charge >= 0.3 is 0 Å². The van der Waals surface area contributed by atoms with Gasteiger partial charge in [0, 0.05) is 17.5 Å². The van der Waals surface area contributed by atoms with Crippen LogP contribution in [-0.4, -0.2) is 12.1 Å². The molecule has 0 aromatic heterocycles. The molecule has 1 fully saturated rings. The van der Waals surface area contributed by atoms with E-state index < -0.39 is 0 Å². The van der Waals surface area contributed by atoms with Gasteiger partial charge in [-0.2, -0.15) is 0 Å². The van der Waals surface area contributed by atoms with Gasteiger partial charge in [0.25, 0.3) is 0 Å². The molecule has 0 amide bonds. The fraction of sp³-hybridized carbons (Fsp3) is 0.647. The summed E-state index contributed by atoms with van der Waals surface area (Å²) in [6.07, 6.45) is 6.31. The predicted molar refractivity (Wildman–Crippen MR) is 78.9 cm³/mol. The van der Waals surface area contributed by atoms with E-state index in [-0.39, 0.29) is 16.8 Å². The van der Waals surface area contributed by atoms with Crippen molar-refractivity contribution in [1.29, 1.82) is 0 Å². The minimum absolute atomic E-state index is 0.129. The van der Waals surface area contributed by atoms with Crippen LogP contribution in [0.2, 0.25) is 0 Å². The van der Waals surface area contributed by atoms with Gasteiger partial charge in [-0.1, -0.05) is 31.4 Å². The fourth-order valence-corrected chi connectivity index (χ4v) is 3.03. The molecular formula is C17H26FN. The number of nitrogens with one attached hydrogen (secondary N) is 1. The molecule has 1 saturated carbocycles. The molecule has 0 spiro atoms. The second kappa shape index (κ2) is 5.62. The molecule has 106 valence electrons. The molecule has 0 radical (unpaired) electrons. The lowest BCUT2D eigenvalue weighted by Gasteiger charge is -2.40. The summed E-state index contributed by atoms with van der Waals surface area (Å²) in [5.74, 6) is -0.140. The Bertz CT molecular complexity index is 396. The van der Waals surface area contributed by atoms with Gasteiger partial charge in [-0.05, 0) is 51.3 Å². The van der Waals surface area contributed by atoms with Crippen molar-refractivity contribution in [2.75, 3.05) is 6.54 Å². The number of hydrogen-bond acceptors (Lipinski definition) is 1. The third-order valence-electron chi connectivity index (χ3n) is 4.22. The van der Waals surface area contributed by atoms with Gasteiger partial charge in [0.15, 0.2) is 0 Å². The first-order valence-electron chi connectivity index (χ1n) is 7.42. The Kier molecular flexibility index (Phi) is 4.29. The highest BCUT2D eigenvalue weighted by molar-refractivity contribution is 5.27. The largest absolute Gasteiger partial charge is 0.311 e. The van der Waals surface area contributed by atoms with E-state index >= 15 is 0 Å². The molecule has 1 N–H and O–H groups in total. The molecule has 0 saturated heterocycles. The molecule has 2 heteroatoms. The van der Waals surface area contributed by atoms with Crippen molar-refractivity contribution in [2.45, 2.75) is 63.8 Å². The highest BCUT2D eigenvalue weighted by Crippen LogP contribution is 2.39. The highest BCUT2D eigenvalue weighted by Gasteiger charge is 2.34. The number of benzene rings is 1. The van der Waals surface area contributed by atoms with Crippen LogP contribution in [0.3, 0.4) is 0 Å². The molecule has 0 unspecified atom stereocenters. The molecule has 1 nitrogen and oxygen atoms in total. The number of hydrogen-bond donors (Lipinski definition) is 1. The van der Waals surface area contributed by atoms with Crippen molar-refractivity contribution in [3.05, 3.63) is 35.6 Å². The SMILES string of the molecule is CC(C)(C)NCC1(c2ccc(F)cc2)CCCCC1. The van der Waals surface area contributed by atoms with Crippen LogP contribution in [0.1, 0.15) is 58.4 Å². The summed E-state index contributed by atoms with van der Waals surface area (Å²) in [5.41, 5.74) is 1.62. The van der Waals surface area contributed by atoms with Gasteiger partial charge in [-0.3, -0.25) is 0 Å². The maximum atomic E-state index is 13.1. The Morgan fingerprint density at radius 1 is 1.05 bits per heavy atom. The Labute approximate surface area is 116 Å². The van der Waals surface area contributed by atoms with E-state index in [0.717, 1.165) is 6.54 Å². The van der Waals surface area contributed by atoms with Crippen molar-refractivity contribution in [3.8, 4) is 0 Å². The van der Waals surface area contributed by atoms with Crippen LogP contribution >= 0.6 is 0 Å². The van der Waals surface area contributed by atoms with Crippen LogP contribution in [0, 0.1) is 5.82 Å². The maximum absolute atomic E-state index is 13.1. The minimum Gasteiger partial charge on any atom is -0.311 e. The molecule has 0 heterocycles. The minimum atomic E-state index is -0.140. The lowest BCUT2D eigenvalue weighted by atomic mass is 9.69. The lowest BCUT2D eigenvalue weighted by molar-refractivity contribution is 0.253. The van der Waals surface area contributed by atoms with Gasteiger partial charge in [-0.25, -0.2) is 4.39 Å². The van der Waals surface area contributed by atoms with E-state index in [2.05, 4.69) is 26.1 Å². The van der Waals surface area contributed by atoms with Gasteiger partial charge in [0.1, 0.15) is 5.82 Å². The molecular weight excluding hydrogens is 237 g/mol. The third kappa shape index (κ3) is 3.79. The van der Waals surface area contributed by atoms with Crippen LogP contribution in [0.15, 0.2) is 24.3 Å². The summed E-state index contributed by atoms with van der Waals surface area (Å²) in [5, 5.41) is 3.65. The van der Waals surface area contributed by atoms with E-state index in [1.54, 1.807) is 12.1 Å². The summed E-state index contributed by atoms with van der Waals surface area (Å²) in [6.45, 7) is 7.60. The zero-order valence-corrected chi connectivity index (χ0v) is 12.4. The standard InChI is InChI=1S/C17H26FN/c1-16(2,3)19-13-17(11-5-4-6-12-17)14-7-9-15(18)10-8-14/h7-10,19H,4-6,11-13H2,1-3H3. The zero-order valence-electron chi connectivity index (χ0n) is 12.4. The molecule has 1 aliphatic carbocycles. The molecule has 1 aromatic rings. The summed E-state index contributed by atoms with van der Waals surface area (Å²) in [4.78, 5) is 0. The number of halogens is 1. The van der Waals surface area contributed by atoms with E-state index in [1.165, 1.54) is 37.7 Å². The summed E-state index contributed by atoms with van der Waals surface area (Å²) < 4.78 is 13.1. The average molecular weight is 263 g/mol. The first kappa shape index (κ1) is 14.5. The van der Waals surface area contributed by atoms with E-state index in [9.17, 15) is 4.39 Å². The van der Waals surface area contributed by atoms with Crippen molar-refractivity contribution < 1.29 is 4.39 Å². The average Bonchev–Trinajstić information content (AvgIpc) is 2.37. The van der Waals surface area contributed by atoms with Crippen LogP contribution in [0.25, 0.3) is 0 Å². The van der Waals surface area contributed by atoms with E-state index in [0.29, 0.717) is 0 Å². The van der Waals surface area contributed by atoms with Gasteiger partial charge in [0.05, 0.1) is 0 Å². The molecule has 2 rings (SSSR count). The molecule has 0 atom stereocenters. The van der Waals surface area contributed by atoms with Crippen LogP contribution in [-0.2, 0) is 5.41 Å². The first-order chi connectivity index (χ1) is 8.91. The van der Waals surface area contributed by atoms with Crippen molar-refractivity contribution in [3.63, 3.8) is 0 Å². The van der Waals surface area contributed by atoms with Crippen molar-refractivity contribution >= 4 is 0 Å². The molecule has 0 bridgehead atoms. The molecule has 1 aromatic carbocycles. The predicted octanol–water partition coefficient (Wildman–Crippen LogP) is 4.42. The monoisotopic (exact) mass is 263 g/mol. The van der Waals surface area contributed by atoms with Gasteiger partial charge in [-0.15, -0.1) is 0 Å². The van der Waals surface area contributed by atoms with Gasteiger partial charge < -0.3 is 5.32 Å². The Balaban J connectivity index is 2.21. The topological polar surface area (TPSA) is 12.0 Å². The Morgan fingerprint density at radius 3 is 2.16 bits per heavy atom. The summed E-state index contributed by atoms with van der Waals surface area (Å²) >= 11 is 0. The second-order valence-electron chi connectivity index (χ2n) is 6.95. The molecule has 0 aliphatic heterocycles. The number of rotatable bonds is 3. The third-order valence-corrected chi connectivity index (χ3v) is 4.22. The zero-order chi connectivity index (χ0) is 13.9. The molecule has 1 aliphatic rings. The van der Waals surface area contributed by atoms with E-state index in [4.69, 9.17) is 0 Å². The Hall–Kier alpha value is -0.890. The second-order valence-corrected chi connectivity index (χ2v) is 6.95. The Morgan fingerprint density at radius 2 is 1.63 bits per heavy atom. The summed E-state index contributed by atoms with van der Waals surface area (Å²) in [6, 6.07) is 7.15. The maximum Gasteiger partial charge on any atom is 0.123 e. The molecule has 19 heavy (non-hydrogen) atoms. The summed E-state index contributed by atoms with van der Waals surface area (Å²) in [7, 11) is 0. The van der Waals surface area contributed by atoms with Gasteiger partial charge in [0.2, 0.25) is 0 Å². The van der Waals surface area contributed by atoms with Crippen LogP contribution < -0.4 is 5.32 Å². The normalized spacial score (nSPS) is 19.4. The fourth-order valence-electron chi connectivity index (χ4n) is 3.03. The quantitative estimate of drug-likeness (QED) is 0.851. The van der Waals surface area contributed by atoms with Crippen molar-refractivity contribution in [1.82, 2.24) is 5.32 Å². The van der Waals surface area contributed by atoms with Crippen LogP contribution in [0.5, 0.6) is 0 Å². The first-order valence-corrected chi connectivity index (χ1v) is 7.42. The smallest absolute Gasteiger partial charge is 0.123 e. The van der Waals surface area contributed by atoms with E-state index in [1.807, 2.05) is 12.1 Å². The highest BCUT2D eigenvalue weighted by atomic mass is 19.1. The lowest BCUT2D eigenvalue weighted by Crippen LogP contribution is -2.47. The van der Waals surface area contributed by atoms with Crippen LogP contribution in [0.4, 0.5) is 4.39 Å².